The zero-order valence-electron chi connectivity index (χ0n) is 11.5. The molecule has 1 aromatic carbocycles. The monoisotopic (exact) mass is 283 g/mol. The first-order valence-electron chi connectivity index (χ1n) is 6.33. The van der Waals surface area contributed by atoms with Crippen LogP contribution in [0.3, 0.4) is 0 Å². The minimum absolute atomic E-state index is 0.200. The van der Waals surface area contributed by atoms with E-state index in [0.29, 0.717) is 30.2 Å². The Morgan fingerprint density at radius 1 is 1.25 bits per heavy atom. The maximum Gasteiger partial charge on any atom is 0.207 e. The van der Waals surface area contributed by atoms with Crippen LogP contribution in [0, 0.1) is 30.3 Å². The lowest BCUT2D eigenvalue weighted by molar-refractivity contribution is 0.490. The van der Waals surface area contributed by atoms with Gasteiger partial charge in [-0.15, -0.1) is 0 Å². The van der Waals surface area contributed by atoms with Gasteiger partial charge in [-0.1, -0.05) is 13.8 Å². The third-order valence-electron chi connectivity index (χ3n) is 2.73. The van der Waals surface area contributed by atoms with Gasteiger partial charge in [0.25, 0.3) is 0 Å². The van der Waals surface area contributed by atoms with Crippen molar-refractivity contribution < 1.29 is 13.2 Å². The van der Waals surface area contributed by atoms with Crippen LogP contribution in [0.25, 0.3) is 5.69 Å². The Morgan fingerprint density at radius 2 is 1.95 bits per heavy atom. The summed E-state index contributed by atoms with van der Waals surface area (Å²) in [5.41, 5.74) is 0.426. The van der Waals surface area contributed by atoms with E-state index in [9.17, 15) is 13.2 Å². The second-order valence-corrected chi connectivity index (χ2v) is 5.07. The van der Waals surface area contributed by atoms with Gasteiger partial charge in [0.05, 0.1) is 11.4 Å². The highest BCUT2D eigenvalue weighted by molar-refractivity contribution is 5.44. The first kappa shape index (κ1) is 14.4. The Labute approximate surface area is 115 Å². The molecule has 0 aliphatic carbocycles. The summed E-state index contributed by atoms with van der Waals surface area (Å²) < 4.78 is 41.8. The molecule has 108 valence electrons. The van der Waals surface area contributed by atoms with E-state index < -0.39 is 17.5 Å². The maximum atomic E-state index is 13.8. The van der Waals surface area contributed by atoms with Gasteiger partial charge in [0, 0.05) is 24.9 Å². The highest BCUT2D eigenvalue weighted by Crippen LogP contribution is 2.23. The first-order chi connectivity index (χ1) is 9.38. The van der Waals surface area contributed by atoms with Crippen LogP contribution in [-0.4, -0.2) is 16.1 Å². The van der Waals surface area contributed by atoms with Crippen molar-refractivity contribution in [2.45, 2.75) is 20.8 Å². The summed E-state index contributed by atoms with van der Waals surface area (Å²) in [6.07, 6.45) is 1.53. The molecule has 1 aromatic heterocycles. The number of imidazole rings is 1. The van der Waals surface area contributed by atoms with E-state index >= 15 is 0 Å². The van der Waals surface area contributed by atoms with Gasteiger partial charge in [0.15, 0.2) is 11.6 Å². The summed E-state index contributed by atoms with van der Waals surface area (Å²) in [5, 5.41) is 3.04. The van der Waals surface area contributed by atoms with Crippen molar-refractivity contribution in [1.29, 1.82) is 0 Å². The van der Waals surface area contributed by atoms with Crippen LogP contribution >= 0.6 is 0 Å². The summed E-state index contributed by atoms with van der Waals surface area (Å²) in [6.45, 7) is 6.37. The van der Waals surface area contributed by atoms with E-state index in [2.05, 4.69) is 10.3 Å². The molecule has 0 fully saturated rings. The number of hydrogen-bond donors (Lipinski definition) is 1. The molecule has 0 aliphatic rings. The summed E-state index contributed by atoms with van der Waals surface area (Å²) in [5.74, 6) is -2.44. The van der Waals surface area contributed by atoms with E-state index in [-0.39, 0.29) is 5.69 Å². The number of aromatic nitrogens is 2. The van der Waals surface area contributed by atoms with Gasteiger partial charge in [-0.25, -0.2) is 18.2 Å². The first-order valence-corrected chi connectivity index (χ1v) is 6.33. The highest BCUT2D eigenvalue weighted by Gasteiger charge is 2.16. The molecule has 1 N–H and O–H groups in total. The van der Waals surface area contributed by atoms with Crippen LogP contribution in [0.4, 0.5) is 19.1 Å². The molecule has 3 nitrogen and oxygen atoms in total. The molecule has 0 spiro atoms. The number of hydrogen-bond acceptors (Lipinski definition) is 2. The zero-order chi connectivity index (χ0) is 14.9. The van der Waals surface area contributed by atoms with Gasteiger partial charge in [-0.3, -0.25) is 4.57 Å². The van der Waals surface area contributed by atoms with Crippen LogP contribution in [0.1, 0.15) is 19.5 Å². The highest BCUT2D eigenvalue weighted by atomic mass is 19.2. The molecule has 6 heteroatoms. The standard InChI is InChI=1S/C14H16F3N3/c1-8(2)6-18-14-19-9(3)7-20(14)12-5-10(15)4-11(16)13(12)17/h4-5,7-8H,6H2,1-3H3,(H,18,19). The second-order valence-electron chi connectivity index (χ2n) is 5.07. The largest absolute Gasteiger partial charge is 0.355 e. The quantitative estimate of drug-likeness (QED) is 0.868. The predicted molar refractivity (Wildman–Crippen MR) is 71.5 cm³/mol. The lowest BCUT2D eigenvalue weighted by atomic mass is 10.2. The van der Waals surface area contributed by atoms with Gasteiger partial charge in [0.2, 0.25) is 5.95 Å². The summed E-state index contributed by atoms with van der Waals surface area (Å²) in [6, 6.07) is 1.46. The maximum absolute atomic E-state index is 13.8. The molecule has 1 heterocycles. The van der Waals surface area contributed by atoms with E-state index in [1.807, 2.05) is 13.8 Å². The number of nitrogens with zero attached hydrogens (tertiary/aromatic N) is 2. The molecule has 2 rings (SSSR count). The topological polar surface area (TPSA) is 29.9 Å². The Hall–Kier alpha value is -1.98. The number of nitrogens with one attached hydrogen (secondary N) is 1. The van der Waals surface area contributed by atoms with Gasteiger partial charge in [-0.2, -0.15) is 0 Å². The average molecular weight is 283 g/mol. The number of aryl methyl sites for hydroxylation is 1. The van der Waals surface area contributed by atoms with Gasteiger partial charge < -0.3 is 5.32 Å². The minimum Gasteiger partial charge on any atom is -0.355 e. The van der Waals surface area contributed by atoms with Gasteiger partial charge in [-0.05, 0) is 12.8 Å². The van der Waals surface area contributed by atoms with E-state index in [1.54, 1.807) is 6.92 Å². The number of rotatable bonds is 4. The van der Waals surface area contributed by atoms with E-state index in [0.717, 1.165) is 6.07 Å². The van der Waals surface area contributed by atoms with Gasteiger partial charge >= 0.3 is 0 Å². The fourth-order valence-corrected chi connectivity index (χ4v) is 1.82. The average Bonchev–Trinajstić information content (AvgIpc) is 2.72. The van der Waals surface area contributed by atoms with Crippen LogP contribution < -0.4 is 5.32 Å². The molecular weight excluding hydrogens is 267 g/mol. The van der Waals surface area contributed by atoms with Crippen molar-refractivity contribution >= 4 is 5.95 Å². The third kappa shape index (κ3) is 2.95. The lowest BCUT2D eigenvalue weighted by Gasteiger charge is -2.12. The van der Waals surface area contributed by atoms with Crippen LogP contribution in [0.15, 0.2) is 18.3 Å². The lowest BCUT2D eigenvalue weighted by Crippen LogP contribution is -2.13. The Balaban J connectivity index is 2.47. The molecular formula is C14H16F3N3. The normalized spacial score (nSPS) is 11.2. The predicted octanol–water partition coefficient (Wildman–Crippen LogP) is 3.67. The summed E-state index contributed by atoms with van der Waals surface area (Å²) in [7, 11) is 0. The van der Waals surface area contributed by atoms with Crippen molar-refractivity contribution in [2.75, 3.05) is 11.9 Å². The number of halogens is 3. The molecule has 0 aliphatic heterocycles. The van der Waals surface area contributed by atoms with E-state index in [1.165, 1.54) is 10.8 Å². The third-order valence-corrected chi connectivity index (χ3v) is 2.73. The second kappa shape index (κ2) is 5.56. The fourth-order valence-electron chi connectivity index (χ4n) is 1.82. The van der Waals surface area contributed by atoms with Crippen LogP contribution in [-0.2, 0) is 0 Å². The van der Waals surface area contributed by atoms with Gasteiger partial charge in [0.1, 0.15) is 5.82 Å². The van der Waals surface area contributed by atoms with E-state index in [4.69, 9.17) is 0 Å². The molecule has 2 aromatic rings. The SMILES string of the molecule is Cc1cn(-c2cc(F)cc(F)c2F)c(NCC(C)C)n1. The van der Waals surface area contributed by atoms with Crippen molar-refractivity contribution in [3.63, 3.8) is 0 Å². The van der Waals surface area contributed by atoms with Crippen molar-refractivity contribution in [1.82, 2.24) is 9.55 Å². The van der Waals surface area contributed by atoms with Crippen LogP contribution in [0.2, 0.25) is 0 Å². The Kier molecular flexibility index (Phi) is 4.01. The molecule has 0 saturated heterocycles. The molecule has 0 saturated carbocycles. The minimum atomic E-state index is -1.22. The molecule has 0 bridgehead atoms. The fraction of sp³-hybridized carbons (Fsp3) is 0.357. The summed E-state index contributed by atoms with van der Waals surface area (Å²) >= 11 is 0. The van der Waals surface area contributed by atoms with Crippen molar-refractivity contribution in [2.24, 2.45) is 5.92 Å². The van der Waals surface area contributed by atoms with Crippen molar-refractivity contribution in [3.05, 3.63) is 41.5 Å². The molecule has 0 atom stereocenters. The molecule has 20 heavy (non-hydrogen) atoms. The van der Waals surface area contributed by atoms with Crippen molar-refractivity contribution in [3.8, 4) is 5.69 Å². The molecule has 0 unspecified atom stereocenters. The molecule has 0 amide bonds. The molecule has 0 radical (unpaired) electrons. The Bertz CT molecular complexity index is 620. The van der Waals surface area contributed by atoms with Crippen LogP contribution in [0.5, 0.6) is 0 Å². The zero-order valence-corrected chi connectivity index (χ0v) is 11.5. The smallest absolute Gasteiger partial charge is 0.207 e. The Morgan fingerprint density at radius 3 is 2.60 bits per heavy atom. The summed E-state index contributed by atoms with van der Waals surface area (Å²) in [4.78, 5) is 4.20. The number of anilines is 1. The number of benzene rings is 1.